The summed E-state index contributed by atoms with van der Waals surface area (Å²) in [5, 5.41) is 4.75. The molecule has 0 spiro atoms. The Morgan fingerprint density at radius 1 is 1.11 bits per heavy atom. The Morgan fingerprint density at radius 3 is 2.56 bits per heavy atom. The maximum Gasteiger partial charge on any atom is 0.255 e. The van der Waals surface area contributed by atoms with Crippen molar-refractivity contribution in [3.63, 3.8) is 0 Å². The Hall–Kier alpha value is -1.65. The Kier molecular flexibility index (Phi) is 2.69. The largest absolute Gasteiger partial charge is 0.255 e. The van der Waals surface area contributed by atoms with Gasteiger partial charge in [0.15, 0.2) is 0 Å². The number of hydrogen-bond acceptors (Lipinski definition) is 3. The predicted molar refractivity (Wildman–Crippen MR) is 71.0 cm³/mol. The molecule has 0 saturated carbocycles. The van der Waals surface area contributed by atoms with Crippen LogP contribution in [0.4, 0.5) is 0 Å². The molecule has 3 rings (SSSR count). The fourth-order valence-corrected chi connectivity index (χ4v) is 2.38. The molecule has 0 atom stereocenters. The molecule has 0 saturated heterocycles. The minimum Gasteiger partial charge on any atom is -0.198 e. The van der Waals surface area contributed by atoms with Crippen LogP contribution in [0.3, 0.4) is 0 Å². The lowest BCUT2D eigenvalue weighted by molar-refractivity contribution is 0.942. The second-order valence-electron chi connectivity index (χ2n) is 3.91. The molecule has 1 aromatic carbocycles. The molecule has 3 aromatic rings. The number of rotatable bonds is 1. The molecule has 0 aliphatic carbocycles. The summed E-state index contributed by atoms with van der Waals surface area (Å²) < 4.78 is 1.46. The van der Waals surface area contributed by atoms with Crippen LogP contribution in [0.1, 0.15) is 5.56 Å². The Morgan fingerprint density at radius 2 is 1.83 bits per heavy atom. The smallest absolute Gasteiger partial charge is 0.198 e. The number of nitrogens with zero attached hydrogens (tertiary/aromatic N) is 4. The van der Waals surface area contributed by atoms with Gasteiger partial charge in [-0.15, -0.1) is 0 Å². The molecule has 0 aliphatic heterocycles. The molecule has 90 valence electrons. The monoisotopic (exact) mass is 278 g/mol. The maximum absolute atomic E-state index is 6.30. The van der Waals surface area contributed by atoms with E-state index in [1.54, 1.807) is 0 Å². The number of hydrogen-bond donors (Lipinski definition) is 0. The van der Waals surface area contributed by atoms with Crippen molar-refractivity contribution in [1.82, 2.24) is 19.6 Å². The van der Waals surface area contributed by atoms with Gasteiger partial charge in [-0.3, -0.25) is 0 Å². The molecule has 0 fully saturated rings. The van der Waals surface area contributed by atoms with E-state index in [0.717, 1.165) is 5.56 Å². The van der Waals surface area contributed by atoms with Crippen molar-refractivity contribution in [1.29, 1.82) is 0 Å². The lowest BCUT2D eigenvalue weighted by Gasteiger charge is -2.07. The summed E-state index contributed by atoms with van der Waals surface area (Å²) in [5.41, 5.74) is 2.73. The van der Waals surface area contributed by atoms with Gasteiger partial charge in [0.25, 0.3) is 5.78 Å². The number of benzene rings is 1. The first-order valence-electron chi connectivity index (χ1n) is 5.28. The van der Waals surface area contributed by atoms with E-state index in [1.165, 1.54) is 16.4 Å². The van der Waals surface area contributed by atoms with E-state index in [2.05, 4.69) is 15.1 Å². The minimum absolute atomic E-state index is 0.323. The van der Waals surface area contributed by atoms with Crippen LogP contribution in [-0.4, -0.2) is 19.6 Å². The van der Waals surface area contributed by atoms with Gasteiger partial charge in [-0.1, -0.05) is 53.0 Å². The number of aryl methyl sites for hydroxylation is 1. The SMILES string of the molecule is Cc1ccc(-c2c(Cl)nc3ncnn3c2Cl)cc1. The molecule has 0 unspecified atom stereocenters. The highest BCUT2D eigenvalue weighted by Gasteiger charge is 2.15. The highest BCUT2D eigenvalue weighted by atomic mass is 35.5. The molecule has 18 heavy (non-hydrogen) atoms. The van der Waals surface area contributed by atoms with Crippen LogP contribution in [-0.2, 0) is 0 Å². The molecule has 0 bridgehead atoms. The van der Waals surface area contributed by atoms with Gasteiger partial charge in [-0.2, -0.15) is 19.6 Å². The van der Waals surface area contributed by atoms with E-state index in [-0.39, 0.29) is 0 Å². The van der Waals surface area contributed by atoms with Gasteiger partial charge in [0, 0.05) is 0 Å². The molecular weight excluding hydrogens is 271 g/mol. The Balaban J connectivity index is 2.30. The minimum atomic E-state index is 0.323. The van der Waals surface area contributed by atoms with Crippen LogP contribution in [0, 0.1) is 6.92 Å². The average Bonchev–Trinajstić information content (AvgIpc) is 2.80. The topological polar surface area (TPSA) is 43.1 Å². The van der Waals surface area contributed by atoms with Gasteiger partial charge in [0.05, 0.1) is 5.56 Å². The first kappa shape index (κ1) is 11.4. The highest BCUT2D eigenvalue weighted by molar-refractivity contribution is 6.38. The molecule has 0 aliphatic rings. The summed E-state index contributed by atoms with van der Waals surface area (Å²) in [6, 6.07) is 7.89. The van der Waals surface area contributed by atoms with Crippen molar-refractivity contribution in [2.75, 3.05) is 0 Å². The van der Waals surface area contributed by atoms with Crippen LogP contribution in [0.15, 0.2) is 30.6 Å². The summed E-state index contributed by atoms with van der Waals surface area (Å²) in [5.74, 6) is 0.390. The summed E-state index contributed by atoms with van der Waals surface area (Å²) in [6.07, 6.45) is 1.39. The molecule has 2 heterocycles. The third-order valence-electron chi connectivity index (χ3n) is 2.67. The fraction of sp³-hybridized carbons (Fsp3) is 0.0833. The summed E-state index contributed by atoms with van der Waals surface area (Å²) >= 11 is 12.5. The second-order valence-corrected chi connectivity index (χ2v) is 4.62. The van der Waals surface area contributed by atoms with Gasteiger partial charge < -0.3 is 0 Å². The second kappa shape index (κ2) is 4.23. The number of halogens is 2. The molecule has 0 amide bonds. The lowest BCUT2D eigenvalue weighted by Crippen LogP contribution is -1.97. The zero-order valence-corrected chi connectivity index (χ0v) is 10.9. The van der Waals surface area contributed by atoms with Crippen LogP contribution in [0.5, 0.6) is 0 Å². The third kappa shape index (κ3) is 1.74. The standard InChI is InChI=1S/C12H8Cl2N4/c1-7-2-4-8(5-3-7)9-10(13)17-12-15-6-16-18(12)11(9)14/h2-6H,1H3. The van der Waals surface area contributed by atoms with E-state index in [1.807, 2.05) is 31.2 Å². The van der Waals surface area contributed by atoms with Crippen molar-refractivity contribution in [2.24, 2.45) is 0 Å². The zero-order chi connectivity index (χ0) is 12.7. The summed E-state index contributed by atoms with van der Waals surface area (Å²) in [4.78, 5) is 8.13. The van der Waals surface area contributed by atoms with Gasteiger partial charge in [-0.25, -0.2) is 0 Å². The van der Waals surface area contributed by atoms with E-state index in [4.69, 9.17) is 23.2 Å². The first-order valence-corrected chi connectivity index (χ1v) is 6.04. The molecule has 0 N–H and O–H groups in total. The van der Waals surface area contributed by atoms with E-state index in [9.17, 15) is 0 Å². The lowest BCUT2D eigenvalue weighted by atomic mass is 10.1. The number of aromatic nitrogens is 4. The molecular formula is C12H8Cl2N4. The summed E-state index contributed by atoms with van der Waals surface area (Å²) in [6.45, 7) is 2.02. The number of fused-ring (bicyclic) bond motifs is 1. The van der Waals surface area contributed by atoms with E-state index < -0.39 is 0 Å². The summed E-state index contributed by atoms with van der Waals surface area (Å²) in [7, 11) is 0. The van der Waals surface area contributed by atoms with Gasteiger partial charge in [0.1, 0.15) is 16.6 Å². The van der Waals surface area contributed by atoms with Crippen molar-refractivity contribution in [2.45, 2.75) is 6.92 Å². The van der Waals surface area contributed by atoms with Crippen molar-refractivity contribution >= 4 is 29.0 Å². The van der Waals surface area contributed by atoms with Crippen LogP contribution < -0.4 is 0 Å². The fourth-order valence-electron chi connectivity index (χ4n) is 1.74. The van der Waals surface area contributed by atoms with E-state index >= 15 is 0 Å². The van der Waals surface area contributed by atoms with Crippen molar-refractivity contribution < 1.29 is 0 Å². The van der Waals surface area contributed by atoms with Crippen LogP contribution >= 0.6 is 23.2 Å². The first-order chi connectivity index (χ1) is 8.66. The molecule has 6 heteroatoms. The molecule has 4 nitrogen and oxygen atoms in total. The van der Waals surface area contributed by atoms with Gasteiger partial charge in [-0.05, 0) is 12.5 Å². The van der Waals surface area contributed by atoms with Gasteiger partial charge in [0.2, 0.25) is 0 Å². The Labute approximate surface area is 113 Å². The van der Waals surface area contributed by atoms with Crippen molar-refractivity contribution in [3.05, 3.63) is 46.5 Å². The average molecular weight is 279 g/mol. The van der Waals surface area contributed by atoms with Gasteiger partial charge >= 0.3 is 0 Å². The third-order valence-corrected chi connectivity index (χ3v) is 3.29. The van der Waals surface area contributed by atoms with Crippen molar-refractivity contribution in [3.8, 4) is 11.1 Å². The van der Waals surface area contributed by atoms with Crippen LogP contribution in [0.2, 0.25) is 10.3 Å². The predicted octanol–water partition coefficient (Wildman–Crippen LogP) is 3.41. The quantitative estimate of drug-likeness (QED) is 0.641. The molecule has 2 aromatic heterocycles. The maximum atomic E-state index is 6.30. The van der Waals surface area contributed by atoms with Crippen LogP contribution in [0.25, 0.3) is 16.9 Å². The normalized spacial score (nSPS) is 11.1. The highest BCUT2D eigenvalue weighted by Crippen LogP contribution is 2.33. The molecule has 0 radical (unpaired) electrons. The van der Waals surface area contributed by atoms with E-state index in [0.29, 0.717) is 21.6 Å². The zero-order valence-electron chi connectivity index (χ0n) is 9.43. The Bertz CT molecular complexity index is 719.